The number of carboxylic acids is 4. The molecule has 26 heavy (non-hydrogen) atoms. The van der Waals surface area contributed by atoms with Crippen LogP contribution in [-0.2, 0) is 19.2 Å². The Morgan fingerprint density at radius 1 is 0.654 bits per heavy atom. The molecule has 10 heteroatoms. The molecule has 0 aliphatic heterocycles. The highest BCUT2D eigenvalue weighted by molar-refractivity contribution is 5.74. The monoisotopic (exact) mass is 376 g/mol. The third-order valence-electron chi connectivity index (χ3n) is 4.13. The first-order valence-electron chi connectivity index (χ1n) is 8.51. The molecule has 4 N–H and O–H groups in total. The topological polar surface area (TPSA) is 156 Å². The third kappa shape index (κ3) is 8.77. The van der Waals surface area contributed by atoms with Gasteiger partial charge in [-0.1, -0.05) is 13.8 Å². The first-order valence-corrected chi connectivity index (χ1v) is 8.51. The highest BCUT2D eigenvalue weighted by Crippen LogP contribution is 2.10. The van der Waals surface area contributed by atoms with E-state index in [-0.39, 0.29) is 51.9 Å². The van der Waals surface area contributed by atoms with E-state index in [4.69, 9.17) is 10.2 Å². The average Bonchev–Trinajstić information content (AvgIpc) is 2.53. The summed E-state index contributed by atoms with van der Waals surface area (Å²) in [5.41, 5.74) is 0. The summed E-state index contributed by atoms with van der Waals surface area (Å²) in [5, 5.41) is 36.3. The highest BCUT2D eigenvalue weighted by atomic mass is 16.4. The number of aliphatic carboxylic acids is 4. The van der Waals surface area contributed by atoms with Crippen molar-refractivity contribution in [3.05, 3.63) is 0 Å². The van der Waals surface area contributed by atoms with Gasteiger partial charge in [-0.15, -0.1) is 0 Å². The molecule has 0 saturated carbocycles. The van der Waals surface area contributed by atoms with Crippen LogP contribution in [0.3, 0.4) is 0 Å². The zero-order valence-corrected chi connectivity index (χ0v) is 15.1. The minimum atomic E-state index is -1.08. The molecular weight excluding hydrogens is 348 g/mol. The summed E-state index contributed by atoms with van der Waals surface area (Å²) in [6, 6.07) is -1.78. The molecule has 0 aliphatic rings. The first kappa shape index (κ1) is 23.8. The normalized spacial score (nSPS) is 13.5. The number of rotatable bonds is 15. The Bertz CT molecular complexity index is 453. The van der Waals surface area contributed by atoms with E-state index in [1.54, 1.807) is 13.8 Å². The second-order valence-electron chi connectivity index (χ2n) is 5.88. The largest absolute Gasteiger partial charge is 0.481 e. The maximum atomic E-state index is 11.4. The SMILES string of the molecule is CCC(C(=O)O)N(CCC(=O)O)CCN(CCC(=O)O)C(CC)C(=O)O. The van der Waals surface area contributed by atoms with Gasteiger partial charge in [-0.05, 0) is 12.8 Å². The van der Waals surface area contributed by atoms with Crippen molar-refractivity contribution in [1.82, 2.24) is 9.80 Å². The molecule has 10 nitrogen and oxygen atoms in total. The summed E-state index contributed by atoms with van der Waals surface area (Å²) in [5.74, 6) is -4.29. The van der Waals surface area contributed by atoms with Crippen LogP contribution in [0.15, 0.2) is 0 Å². The highest BCUT2D eigenvalue weighted by Gasteiger charge is 2.28. The molecule has 0 aliphatic carbocycles. The Hall–Kier alpha value is -2.20. The Kier molecular flexibility index (Phi) is 11.2. The number of carboxylic acid groups (broad SMARTS) is 4. The van der Waals surface area contributed by atoms with Gasteiger partial charge < -0.3 is 20.4 Å². The molecule has 0 aromatic carbocycles. The third-order valence-corrected chi connectivity index (χ3v) is 4.13. The van der Waals surface area contributed by atoms with Crippen molar-refractivity contribution in [2.75, 3.05) is 26.2 Å². The van der Waals surface area contributed by atoms with E-state index in [1.165, 1.54) is 9.80 Å². The zero-order valence-electron chi connectivity index (χ0n) is 15.1. The Morgan fingerprint density at radius 2 is 0.962 bits per heavy atom. The lowest BCUT2D eigenvalue weighted by Gasteiger charge is -2.33. The molecule has 0 aromatic rings. The van der Waals surface area contributed by atoms with Gasteiger partial charge in [0.1, 0.15) is 12.1 Å². The van der Waals surface area contributed by atoms with Crippen molar-refractivity contribution in [3.8, 4) is 0 Å². The lowest BCUT2D eigenvalue weighted by atomic mass is 10.1. The molecule has 0 fully saturated rings. The fourth-order valence-electron chi connectivity index (χ4n) is 2.76. The molecular formula is C16H28N2O8. The molecule has 0 radical (unpaired) electrons. The van der Waals surface area contributed by atoms with Crippen molar-refractivity contribution in [2.45, 2.75) is 51.6 Å². The van der Waals surface area contributed by atoms with Crippen molar-refractivity contribution >= 4 is 23.9 Å². The van der Waals surface area contributed by atoms with Crippen LogP contribution < -0.4 is 0 Å². The van der Waals surface area contributed by atoms with Gasteiger partial charge in [0.2, 0.25) is 0 Å². The van der Waals surface area contributed by atoms with E-state index in [9.17, 15) is 29.4 Å². The van der Waals surface area contributed by atoms with Gasteiger partial charge in [0.15, 0.2) is 0 Å². The summed E-state index contributed by atoms with van der Waals surface area (Å²) < 4.78 is 0. The van der Waals surface area contributed by atoms with Gasteiger partial charge >= 0.3 is 23.9 Å². The number of nitrogens with zero attached hydrogens (tertiary/aromatic N) is 2. The smallest absolute Gasteiger partial charge is 0.320 e. The van der Waals surface area contributed by atoms with Crippen LogP contribution in [0.2, 0.25) is 0 Å². The molecule has 0 heterocycles. The lowest BCUT2D eigenvalue weighted by molar-refractivity contribution is -0.147. The van der Waals surface area contributed by atoms with Crippen molar-refractivity contribution in [2.24, 2.45) is 0 Å². The van der Waals surface area contributed by atoms with Gasteiger partial charge in [-0.25, -0.2) is 0 Å². The van der Waals surface area contributed by atoms with E-state index < -0.39 is 36.0 Å². The molecule has 0 bridgehead atoms. The number of carbonyl (C=O) groups is 4. The van der Waals surface area contributed by atoms with Gasteiger partial charge in [0.25, 0.3) is 0 Å². The lowest BCUT2D eigenvalue weighted by Crippen LogP contribution is -2.49. The van der Waals surface area contributed by atoms with Crippen LogP contribution in [0.5, 0.6) is 0 Å². The van der Waals surface area contributed by atoms with Crippen LogP contribution in [0.4, 0.5) is 0 Å². The van der Waals surface area contributed by atoms with E-state index in [2.05, 4.69) is 0 Å². The molecule has 0 spiro atoms. The van der Waals surface area contributed by atoms with Crippen molar-refractivity contribution in [3.63, 3.8) is 0 Å². The molecule has 0 aromatic heterocycles. The maximum absolute atomic E-state index is 11.4. The van der Waals surface area contributed by atoms with Crippen molar-refractivity contribution < 1.29 is 39.6 Å². The van der Waals surface area contributed by atoms with E-state index in [1.807, 2.05) is 0 Å². The van der Waals surface area contributed by atoms with E-state index in [0.717, 1.165) is 0 Å². The molecule has 0 saturated heterocycles. The second-order valence-corrected chi connectivity index (χ2v) is 5.88. The van der Waals surface area contributed by atoms with Crippen LogP contribution in [-0.4, -0.2) is 92.4 Å². The van der Waals surface area contributed by atoms with Gasteiger partial charge in [-0.2, -0.15) is 0 Å². The maximum Gasteiger partial charge on any atom is 0.320 e. The summed E-state index contributed by atoms with van der Waals surface area (Å²) in [4.78, 5) is 47.4. The predicted octanol–water partition coefficient (Wildman–Crippen LogP) is 0.266. The van der Waals surface area contributed by atoms with Crippen LogP contribution in [0, 0.1) is 0 Å². The molecule has 150 valence electrons. The van der Waals surface area contributed by atoms with Crippen LogP contribution >= 0.6 is 0 Å². The van der Waals surface area contributed by atoms with Crippen LogP contribution in [0.25, 0.3) is 0 Å². The molecule has 0 amide bonds. The van der Waals surface area contributed by atoms with Gasteiger partial charge in [0.05, 0.1) is 12.8 Å². The zero-order chi connectivity index (χ0) is 20.3. The Labute approximate surface area is 152 Å². The minimum absolute atomic E-state index is 0.0107. The number of hydrogen-bond acceptors (Lipinski definition) is 6. The number of hydrogen-bond donors (Lipinski definition) is 4. The average molecular weight is 376 g/mol. The van der Waals surface area contributed by atoms with Crippen LogP contribution in [0.1, 0.15) is 39.5 Å². The Balaban J connectivity index is 5.20. The van der Waals surface area contributed by atoms with Gasteiger partial charge in [-0.3, -0.25) is 29.0 Å². The summed E-state index contributed by atoms with van der Waals surface area (Å²) in [7, 11) is 0. The summed E-state index contributed by atoms with van der Waals surface area (Å²) in [6.45, 7) is 3.61. The fraction of sp³-hybridized carbons (Fsp3) is 0.750. The molecule has 2 atom stereocenters. The Morgan fingerprint density at radius 3 is 1.15 bits per heavy atom. The fourth-order valence-corrected chi connectivity index (χ4v) is 2.76. The van der Waals surface area contributed by atoms with E-state index >= 15 is 0 Å². The summed E-state index contributed by atoms with van der Waals surface area (Å²) >= 11 is 0. The van der Waals surface area contributed by atoms with Gasteiger partial charge in [0, 0.05) is 26.2 Å². The quantitative estimate of drug-likeness (QED) is 0.313. The molecule has 2 unspecified atom stereocenters. The standard InChI is InChI=1S/C16H28N2O8/c1-3-11(15(23)24)17(7-5-13(19)20)9-10-18(8-6-14(21)22)12(4-2)16(25)26/h11-12H,3-10H2,1-2H3,(H,19,20)(H,21,22)(H,23,24)(H,25,26). The first-order chi connectivity index (χ1) is 12.1. The molecule has 0 rings (SSSR count). The van der Waals surface area contributed by atoms with E-state index in [0.29, 0.717) is 0 Å². The predicted molar refractivity (Wildman–Crippen MR) is 91.1 cm³/mol. The second kappa shape index (κ2) is 12.2. The summed E-state index contributed by atoms with van der Waals surface area (Å²) in [6.07, 6.45) is 0.0461. The van der Waals surface area contributed by atoms with Crippen molar-refractivity contribution in [1.29, 1.82) is 0 Å². The minimum Gasteiger partial charge on any atom is -0.481 e.